The van der Waals surface area contributed by atoms with Gasteiger partial charge < -0.3 is 9.47 Å². The largest absolute Gasteiger partial charge is 0.454 e. The molecule has 0 bridgehead atoms. The summed E-state index contributed by atoms with van der Waals surface area (Å²) in [6.45, 7) is 0.446. The van der Waals surface area contributed by atoms with Crippen LogP contribution in [0, 0.1) is 0 Å². The van der Waals surface area contributed by atoms with Gasteiger partial charge in [0.25, 0.3) is 5.91 Å². The van der Waals surface area contributed by atoms with E-state index in [2.05, 4.69) is 10.3 Å². The van der Waals surface area contributed by atoms with E-state index in [9.17, 15) is 13.2 Å². The number of amides is 1. The van der Waals surface area contributed by atoms with Crippen molar-refractivity contribution in [1.82, 2.24) is 9.29 Å². The molecule has 0 atom stereocenters. The maximum absolute atomic E-state index is 12.9. The first kappa shape index (κ1) is 23.0. The molecule has 0 aliphatic carbocycles. The fourth-order valence-corrected chi connectivity index (χ4v) is 5.45. The Balaban J connectivity index is 1.25. The maximum Gasteiger partial charge on any atom is 0.257 e. The summed E-state index contributed by atoms with van der Waals surface area (Å²) in [6.07, 6.45) is 0. The van der Waals surface area contributed by atoms with Gasteiger partial charge in [0.1, 0.15) is 0 Å². The minimum absolute atomic E-state index is 0.117. The van der Waals surface area contributed by atoms with Gasteiger partial charge in [-0.25, -0.2) is 13.4 Å². The lowest BCUT2D eigenvalue weighted by atomic mass is 10.1. The number of nitrogens with one attached hydrogen (secondary N) is 1. The number of ether oxygens (including phenoxy) is 2. The summed E-state index contributed by atoms with van der Waals surface area (Å²) in [5.74, 6) is 0.970. The molecule has 0 saturated heterocycles. The van der Waals surface area contributed by atoms with E-state index >= 15 is 0 Å². The zero-order valence-corrected chi connectivity index (χ0v) is 20.3. The van der Waals surface area contributed by atoms with Crippen LogP contribution in [0.5, 0.6) is 11.5 Å². The minimum Gasteiger partial charge on any atom is -0.454 e. The van der Waals surface area contributed by atoms with E-state index in [4.69, 9.17) is 9.47 Å². The van der Waals surface area contributed by atoms with E-state index in [1.807, 2.05) is 53.9 Å². The molecule has 0 saturated carbocycles. The second kappa shape index (κ2) is 9.49. The number of anilines is 1. The third-order valence-electron chi connectivity index (χ3n) is 5.47. The molecule has 4 aromatic rings. The first-order chi connectivity index (χ1) is 16.9. The molecule has 1 N–H and O–H groups in total. The van der Waals surface area contributed by atoms with Gasteiger partial charge >= 0.3 is 0 Å². The van der Waals surface area contributed by atoms with Crippen molar-refractivity contribution < 1.29 is 22.7 Å². The van der Waals surface area contributed by atoms with Crippen LogP contribution < -0.4 is 14.8 Å². The molecular weight excluding hydrogens is 486 g/mol. The Bertz CT molecular complexity index is 1470. The van der Waals surface area contributed by atoms with Crippen molar-refractivity contribution in [2.45, 2.75) is 11.4 Å². The molecule has 35 heavy (non-hydrogen) atoms. The van der Waals surface area contributed by atoms with Gasteiger partial charge in [-0.2, -0.15) is 4.31 Å². The van der Waals surface area contributed by atoms with Crippen LogP contribution in [0.3, 0.4) is 0 Å². The molecule has 1 aromatic heterocycles. The van der Waals surface area contributed by atoms with Gasteiger partial charge in [0.2, 0.25) is 16.8 Å². The topological polar surface area (TPSA) is 97.8 Å². The van der Waals surface area contributed by atoms with E-state index in [-0.39, 0.29) is 24.1 Å². The van der Waals surface area contributed by atoms with Crippen LogP contribution >= 0.6 is 11.3 Å². The molecule has 3 aromatic carbocycles. The Morgan fingerprint density at radius 1 is 1.03 bits per heavy atom. The highest BCUT2D eigenvalue weighted by atomic mass is 32.2. The van der Waals surface area contributed by atoms with Crippen molar-refractivity contribution in [3.63, 3.8) is 0 Å². The number of carbonyl (C=O) groups excluding carboxylic acids is 1. The Labute approximate surface area is 206 Å². The van der Waals surface area contributed by atoms with Crippen molar-refractivity contribution in [3.05, 3.63) is 89.3 Å². The molecule has 0 unspecified atom stereocenters. The van der Waals surface area contributed by atoms with Gasteiger partial charge in [0, 0.05) is 30.1 Å². The molecule has 8 nitrogen and oxygen atoms in total. The quantitative estimate of drug-likeness (QED) is 0.392. The second-order valence-corrected chi connectivity index (χ2v) is 10.7. The fourth-order valence-electron chi connectivity index (χ4n) is 3.57. The predicted molar refractivity (Wildman–Crippen MR) is 133 cm³/mol. The average molecular weight is 508 g/mol. The molecule has 10 heteroatoms. The summed E-state index contributed by atoms with van der Waals surface area (Å²) >= 11 is 1.30. The van der Waals surface area contributed by atoms with Crippen molar-refractivity contribution in [1.29, 1.82) is 0 Å². The van der Waals surface area contributed by atoms with Crippen LogP contribution in [0.4, 0.5) is 5.13 Å². The number of fused-ring (bicyclic) bond motifs is 1. The highest BCUT2D eigenvalue weighted by Crippen LogP contribution is 2.36. The standard InChI is InChI=1S/C25H21N3O5S2/c1-28(14-17-5-3-2-4-6-17)35(30,31)20-10-7-18(8-11-20)24(29)27-25-26-21(15-34-25)19-9-12-22-23(13-19)33-16-32-22/h2-13,15H,14,16H2,1H3,(H,26,27,29). The van der Waals surface area contributed by atoms with Crippen molar-refractivity contribution >= 4 is 32.4 Å². The van der Waals surface area contributed by atoms with Crippen LogP contribution in [-0.4, -0.2) is 37.5 Å². The summed E-state index contributed by atoms with van der Waals surface area (Å²) in [6, 6.07) is 20.7. The van der Waals surface area contributed by atoms with Gasteiger partial charge in [-0.1, -0.05) is 30.3 Å². The molecule has 0 radical (unpaired) electrons. The first-order valence-corrected chi connectivity index (χ1v) is 13.0. The number of benzene rings is 3. The number of hydrogen-bond acceptors (Lipinski definition) is 7. The summed E-state index contributed by atoms with van der Waals surface area (Å²) in [5, 5.41) is 5.04. The van der Waals surface area contributed by atoms with Crippen LogP contribution in [0.25, 0.3) is 11.3 Å². The predicted octanol–water partition coefficient (Wildman–Crippen LogP) is 4.61. The maximum atomic E-state index is 12.9. The average Bonchev–Trinajstić information content (AvgIpc) is 3.53. The molecular formula is C25H21N3O5S2. The van der Waals surface area contributed by atoms with Gasteiger partial charge in [0.05, 0.1) is 10.6 Å². The normalized spacial score (nSPS) is 12.6. The van der Waals surface area contributed by atoms with Crippen molar-refractivity contribution in [2.75, 3.05) is 19.2 Å². The number of carbonyl (C=O) groups is 1. The molecule has 5 rings (SSSR count). The lowest BCUT2D eigenvalue weighted by Crippen LogP contribution is -2.26. The molecule has 1 amide bonds. The highest BCUT2D eigenvalue weighted by molar-refractivity contribution is 7.89. The lowest BCUT2D eigenvalue weighted by molar-refractivity contribution is 0.102. The number of rotatable bonds is 7. The first-order valence-electron chi connectivity index (χ1n) is 10.7. The van der Waals surface area contributed by atoms with Crippen LogP contribution in [-0.2, 0) is 16.6 Å². The van der Waals surface area contributed by atoms with Gasteiger partial charge in [-0.15, -0.1) is 11.3 Å². The second-order valence-electron chi connectivity index (χ2n) is 7.83. The van der Waals surface area contributed by atoms with Crippen LogP contribution in [0.2, 0.25) is 0 Å². The number of sulfonamides is 1. The molecule has 0 fully saturated rings. The Morgan fingerprint density at radius 3 is 2.54 bits per heavy atom. The summed E-state index contributed by atoms with van der Waals surface area (Å²) in [5.41, 5.74) is 2.76. The monoisotopic (exact) mass is 507 g/mol. The third-order valence-corrected chi connectivity index (χ3v) is 8.04. The summed E-state index contributed by atoms with van der Waals surface area (Å²) < 4.78 is 37.8. The minimum atomic E-state index is -3.70. The van der Waals surface area contributed by atoms with E-state index in [0.717, 1.165) is 11.1 Å². The van der Waals surface area contributed by atoms with Crippen LogP contribution in [0.1, 0.15) is 15.9 Å². The Morgan fingerprint density at radius 2 is 1.77 bits per heavy atom. The number of aromatic nitrogens is 1. The van der Waals surface area contributed by atoms with E-state index < -0.39 is 10.0 Å². The summed E-state index contributed by atoms with van der Waals surface area (Å²) in [7, 11) is -2.17. The molecule has 1 aliphatic rings. The smallest absolute Gasteiger partial charge is 0.257 e. The zero-order valence-electron chi connectivity index (χ0n) is 18.7. The molecule has 2 heterocycles. The summed E-state index contributed by atoms with van der Waals surface area (Å²) in [4.78, 5) is 17.3. The highest BCUT2D eigenvalue weighted by Gasteiger charge is 2.22. The van der Waals surface area contributed by atoms with Crippen molar-refractivity contribution in [3.8, 4) is 22.8 Å². The van der Waals surface area contributed by atoms with E-state index in [0.29, 0.717) is 27.9 Å². The fraction of sp³-hybridized carbons (Fsp3) is 0.120. The molecule has 178 valence electrons. The zero-order chi connectivity index (χ0) is 24.4. The SMILES string of the molecule is CN(Cc1ccccc1)S(=O)(=O)c1ccc(C(=O)Nc2nc(-c3ccc4c(c3)OCO4)cs2)cc1. The van der Waals surface area contributed by atoms with Gasteiger partial charge in [0.15, 0.2) is 16.6 Å². The molecule has 1 aliphatic heterocycles. The Hall–Kier alpha value is -3.73. The van der Waals surface area contributed by atoms with Crippen LogP contribution in [0.15, 0.2) is 83.1 Å². The molecule has 0 spiro atoms. The van der Waals surface area contributed by atoms with Gasteiger partial charge in [-0.3, -0.25) is 10.1 Å². The number of hydrogen-bond donors (Lipinski definition) is 1. The third kappa shape index (κ3) is 4.90. The Kier molecular flexibility index (Phi) is 6.25. The van der Waals surface area contributed by atoms with Crippen molar-refractivity contribution in [2.24, 2.45) is 0 Å². The van der Waals surface area contributed by atoms with Gasteiger partial charge in [-0.05, 0) is 48.0 Å². The van der Waals surface area contributed by atoms with E-state index in [1.165, 1.54) is 47.0 Å². The lowest BCUT2D eigenvalue weighted by Gasteiger charge is -2.17. The number of nitrogens with zero attached hydrogens (tertiary/aromatic N) is 2. The number of thiazole rings is 1. The van der Waals surface area contributed by atoms with E-state index in [1.54, 1.807) is 0 Å².